The molecule has 1 unspecified atom stereocenters. The number of hydrogen-bond donors (Lipinski definition) is 2. The molecule has 10 heteroatoms. The second-order valence-corrected chi connectivity index (χ2v) is 3.89. The van der Waals surface area contributed by atoms with E-state index in [-0.39, 0.29) is 6.42 Å². The molecule has 10 nitrogen and oxygen atoms in total. The number of hydrogen-bond acceptors (Lipinski definition) is 5. The van der Waals surface area contributed by atoms with Crippen LogP contribution in [0.4, 0.5) is 0 Å². The van der Waals surface area contributed by atoms with Crippen molar-refractivity contribution >= 4 is 11.9 Å². The molecule has 0 fully saturated rings. The standard InChI is InChI=1S/C9H11N5O5/c10-13-12-5-1-2-7(14(18)19)6(3-5)9(17)11-4-8(15)16/h1-2,5-7H,3-4H2,(H,11,17)(H,15,16)/t5-,6?,7+/m0/s1. The molecule has 102 valence electrons. The summed E-state index contributed by atoms with van der Waals surface area (Å²) >= 11 is 0. The second kappa shape index (κ2) is 6.36. The van der Waals surface area contributed by atoms with E-state index in [0.29, 0.717) is 0 Å². The molecular formula is C9H11N5O5. The number of carboxylic acids is 1. The minimum Gasteiger partial charge on any atom is -0.480 e. The third-order valence-corrected chi connectivity index (χ3v) is 2.63. The Morgan fingerprint density at radius 3 is 2.79 bits per heavy atom. The first-order chi connectivity index (χ1) is 8.95. The molecule has 3 atom stereocenters. The smallest absolute Gasteiger partial charge is 0.322 e. The number of azide groups is 1. The van der Waals surface area contributed by atoms with Crippen LogP contribution in [0.1, 0.15) is 6.42 Å². The van der Waals surface area contributed by atoms with Crippen LogP contribution in [0.2, 0.25) is 0 Å². The van der Waals surface area contributed by atoms with E-state index in [1.54, 1.807) is 0 Å². The van der Waals surface area contributed by atoms with E-state index >= 15 is 0 Å². The fourth-order valence-electron chi connectivity index (χ4n) is 1.78. The molecule has 0 radical (unpaired) electrons. The van der Waals surface area contributed by atoms with Crippen LogP contribution < -0.4 is 5.32 Å². The van der Waals surface area contributed by atoms with Crippen molar-refractivity contribution in [3.8, 4) is 0 Å². The minimum atomic E-state index is -1.25. The third-order valence-electron chi connectivity index (χ3n) is 2.63. The molecule has 0 aromatic rings. The zero-order valence-electron chi connectivity index (χ0n) is 9.67. The Hall–Kier alpha value is -2.61. The summed E-state index contributed by atoms with van der Waals surface area (Å²) < 4.78 is 0. The lowest BCUT2D eigenvalue weighted by Gasteiger charge is -2.23. The van der Waals surface area contributed by atoms with Crippen molar-refractivity contribution in [1.82, 2.24) is 5.32 Å². The Morgan fingerprint density at radius 2 is 2.26 bits per heavy atom. The van der Waals surface area contributed by atoms with Crippen molar-refractivity contribution < 1.29 is 19.6 Å². The molecule has 0 heterocycles. The highest BCUT2D eigenvalue weighted by molar-refractivity contribution is 5.83. The van der Waals surface area contributed by atoms with Crippen molar-refractivity contribution in [1.29, 1.82) is 0 Å². The molecule has 19 heavy (non-hydrogen) atoms. The van der Waals surface area contributed by atoms with Crippen LogP contribution in [-0.2, 0) is 9.59 Å². The fourth-order valence-corrected chi connectivity index (χ4v) is 1.78. The number of carbonyl (C=O) groups is 2. The molecule has 0 aromatic heterocycles. The lowest BCUT2D eigenvalue weighted by molar-refractivity contribution is -0.516. The number of nitro groups is 1. The summed E-state index contributed by atoms with van der Waals surface area (Å²) in [4.78, 5) is 34.8. The van der Waals surface area contributed by atoms with Crippen molar-refractivity contribution in [3.05, 3.63) is 32.7 Å². The van der Waals surface area contributed by atoms with Gasteiger partial charge in [0.25, 0.3) is 0 Å². The van der Waals surface area contributed by atoms with Crippen molar-refractivity contribution in [2.45, 2.75) is 18.5 Å². The molecule has 2 N–H and O–H groups in total. The van der Waals surface area contributed by atoms with Gasteiger partial charge < -0.3 is 10.4 Å². The predicted molar refractivity (Wildman–Crippen MR) is 61.6 cm³/mol. The Morgan fingerprint density at radius 1 is 1.58 bits per heavy atom. The van der Waals surface area contributed by atoms with Crippen LogP contribution in [0.15, 0.2) is 17.3 Å². The highest BCUT2D eigenvalue weighted by Crippen LogP contribution is 2.23. The number of carbonyl (C=O) groups excluding carboxylic acids is 1. The fraction of sp³-hybridized carbons (Fsp3) is 0.556. The van der Waals surface area contributed by atoms with E-state index < -0.39 is 41.3 Å². The van der Waals surface area contributed by atoms with Gasteiger partial charge in [-0.3, -0.25) is 19.7 Å². The van der Waals surface area contributed by atoms with E-state index in [1.165, 1.54) is 12.2 Å². The summed E-state index contributed by atoms with van der Waals surface area (Å²) in [5.41, 5.74) is 8.31. The maximum atomic E-state index is 11.7. The molecule has 0 spiro atoms. The van der Waals surface area contributed by atoms with Gasteiger partial charge in [-0.25, -0.2) is 0 Å². The summed E-state index contributed by atoms with van der Waals surface area (Å²) in [5.74, 6) is -3.05. The van der Waals surface area contributed by atoms with Gasteiger partial charge in [0.05, 0.1) is 6.04 Å². The van der Waals surface area contributed by atoms with Gasteiger partial charge in [0.2, 0.25) is 11.9 Å². The number of nitrogens with one attached hydrogen (secondary N) is 1. The van der Waals surface area contributed by atoms with Crippen LogP contribution in [0, 0.1) is 16.0 Å². The predicted octanol–water partition coefficient (Wildman–Crippen LogP) is 0.0875. The molecule has 0 aromatic carbocycles. The normalized spacial score (nSPS) is 25.2. The lowest BCUT2D eigenvalue weighted by atomic mass is 9.86. The zero-order valence-corrected chi connectivity index (χ0v) is 9.67. The van der Waals surface area contributed by atoms with Gasteiger partial charge in [-0.1, -0.05) is 11.2 Å². The highest BCUT2D eigenvalue weighted by atomic mass is 16.6. The second-order valence-electron chi connectivity index (χ2n) is 3.89. The first-order valence-electron chi connectivity index (χ1n) is 5.31. The quantitative estimate of drug-likeness (QED) is 0.180. The Labute approximate surface area is 106 Å². The molecular weight excluding hydrogens is 258 g/mol. The Balaban J connectivity index is 2.83. The topological polar surface area (TPSA) is 158 Å². The molecule has 1 amide bonds. The van der Waals surface area contributed by atoms with Gasteiger partial charge in [-0.2, -0.15) is 0 Å². The summed E-state index contributed by atoms with van der Waals surface area (Å²) in [6, 6.07) is -1.90. The van der Waals surface area contributed by atoms with Crippen LogP contribution in [-0.4, -0.2) is 40.5 Å². The van der Waals surface area contributed by atoms with E-state index in [1.807, 2.05) is 0 Å². The molecule has 0 bridgehead atoms. The average molecular weight is 269 g/mol. The monoisotopic (exact) mass is 269 g/mol. The van der Waals surface area contributed by atoms with Gasteiger partial charge in [0, 0.05) is 9.84 Å². The Bertz CT molecular complexity index is 470. The number of aliphatic carboxylic acids is 1. The minimum absolute atomic E-state index is 0.0301. The van der Waals surface area contributed by atoms with Gasteiger partial charge in [-0.15, -0.1) is 0 Å². The molecule has 0 saturated heterocycles. The highest BCUT2D eigenvalue weighted by Gasteiger charge is 2.39. The van der Waals surface area contributed by atoms with Crippen LogP contribution in [0.25, 0.3) is 10.4 Å². The van der Waals surface area contributed by atoms with E-state index in [4.69, 9.17) is 10.6 Å². The first-order valence-corrected chi connectivity index (χ1v) is 5.31. The zero-order chi connectivity index (χ0) is 14.4. The molecule has 1 aliphatic carbocycles. The van der Waals surface area contributed by atoms with Crippen molar-refractivity contribution in [2.75, 3.05) is 6.54 Å². The van der Waals surface area contributed by atoms with Gasteiger partial charge in [0.15, 0.2) is 0 Å². The number of amides is 1. The summed E-state index contributed by atoms with van der Waals surface area (Å²) in [6.07, 6.45) is 2.53. The maximum Gasteiger partial charge on any atom is 0.322 e. The number of carboxylic acid groups (broad SMARTS) is 1. The Kier molecular flexibility index (Phi) is 4.84. The van der Waals surface area contributed by atoms with Crippen LogP contribution >= 0.6 is 0 Å². The maximum absolute atomic E-state index is 11.7. The molecule has 1 aliphatic rings. The summed E-state index contributed by atoms with van der Waals surface area (Å²) in [7, 11) is 0. The molecule has 0 aliphatic heterocycles. The lowest BCUT2D eigenvalue weighted by Crippen LogP contribution is -2.44. The largest absolute Gasteiger partial charge is 0.480 e. The molecule has 0 saturated carbocycles. The van der Waals surface area contributed by atoms with E-state index in [0.717, 1.165) is 0 Å². The van der Waals surface area contributed by atoms with E-state index in [2.05, 4.69) is 15.3 Å². The van der Waals surface area contributed by atoms with Crippen molar-refractivity contribution in [3.63, 3.8) is 0 Å². The number of rotatable bonds is 5. The van der Waals surface area contributed by atoms with Gasteiger partial charge in [-0.05, 0) is 18.0 Å². The average Bonchev–Trinajstić information content (AvgIpc) is 2.36. The van der Waals surface area contributed by atoms with Crippen molar-refractivity contribution in [2.24, 2.45) is 11.0 Å². The third kappa shape index (κ3) is 3.96. The van der Waals surface area contributed by atoms with E-state index in [9.17, 15) is 19.7 Å². The SMILES string of the molecule is [N-]=[N+]=N[C@H]1C=C[C@@H]([N+](=O)[O-])C(C(=O)NCC(=O)O)C1. The summed E-state index contributed by atoms with van der Waals surface area (Å²) in [6.45, 7) is -0.615. The van der Waals surface area contributed by atoms with Crippen LogP contribution in [0.3, 0.4) is 0 Å². The van der Waals surface area contributed by atoms with Gasteiger partial charge in [0.1, 0.15) is 12.5 Å². The van der Waals surface area contributed by atoms with Crippen LogP contribution in [0.5, 0.6) is 0 Å². The first kappa shape index (κ1) is 14.5. The van der Waals surface area contributed by atoms with Gasteiger partial charge >= 0.3 is 5.97 Å². The number of nitrogens with zero attached hydrogens (tertiary/aromatic N) is 4. The molecule has 1 rings (SSSR count). The summed E-state index contributed by atoms with van der Waals surface area (Å²) in [5, 5.41) is 24.7.